The van der Waals surface area contributed by atoms with Gasteiger partial charge >= 0.3 is 5.97 Å². The molecule has 4 nitrogen and oxygen atoms in total. The number of carbonyl (C=O) groups is 1. The first-order chi connectivity index (χ1) is 8.54. The van der Waals surface area contributed by atoms with Gasteiger partial charge in [0.15, 0.2) is 0 Å². The molecule has 0 fully saturated rings. The number of halogens is 3. The van der Waals surface area contributed by atoms with E-state index in [1.54, 1.807) is 13.0 Å². The van der Waals surface area contributed by atoms with Crippen LogP contribution in [0.3, 0.4) is 0 Å². The number of ether oxygens (including phenoxy) is 1. The van der Waals surface area contributed by atoms with Crippen molar-refractivity contribution in [1.82, 2.24) is 4.98 Å². The first-order valence-corrected chi connectivity index (χ1v) is 5.53. The highest BCUT2D eigenvalue weighted by molar-refractivity contribution is 6.17. The second kappa shape index (κ2) is 6.26. The van der Waals surface area contributed by atoms with E-state index >= 15 is 0 Å². The molecular formula is C11H9ClF2N2O2. The van der Waals surface area contributed by atoms with E-state index in [2.05, 4.69) is 4.98 Å². The molecule has 0 unspecified atom stereocenters. The molecule has 96 valence electrons. The van der Waals surface area contributed by atoms with Crippen molar-refractivity contribution in [2.75, 3.05) is 6.61 Å². The van der Waals surface area contributed by atoms with E-state index in [0.29, 0.717) is 0 Å². The van der Waals surface area contributed by atoms with E-state index in [-0.39, 0.29) is 29.3 Å². The summed E-state index contributed by atoms with van der Waals surface area (Å²) in [4.78, 5) is 15.2. The molecular weight excluding hydrogens is 266 g/mol. The average molecular weight is 275 g/mol. The van der Waals surface area contributed by atoms with Crippen LogP contribution in [0.1, 0.15) is 40.7 Å². The molecule has 0 atom stereocenters. The Kier molecular flexibility index (Phi) is 4.98. The van der Waals surface area contributed by atoms with Gasteiger partial charge in [-0.25, -0.2) is 18.6 Å². The second-order valence-corrected chi connectivity index (χ2v) is 3.45. The fourth-order valence-electron chi connectivity index (χ4n) is 1.35. The molecule has 0 bridgehead atoms. The number of pyridine rings is 1. The van der Waals surface area contributed by atoms with E-state index in [4.69, 9.17) is 21.6 Å². The van der Waals surface area contributed by atoms with Crippen LogP contribution in [0.5, 0.6) is 0 Å². The normalized spacial score (nSPS) is 10.2. The van der Waals surface area contributed by atoms with Crippen molar-refractivity contribution in [3.63, 3.8) is 0 Å². The van der Waals surface area contributed by atoms with Crippen LogP contribution in [-0.4, -0.2) is 17.6 Å². The molecule has 0 radical (unpaired) electrons. The minimum Gasteiger partial charge on any atom is -0.462 e. The highest BCUT2D eigenvalue weighted by Crippen LogP contribution is 2.23. The smallest absolute Gasteiger partial charge is 0.341 e. The quantitative estimate of drug-likeness (QED) is 0.625. The lowest BCUT2D eigenvalue weighted by Gasteiger charge is -2.10. The molecule has 0 aromatic carbocycles. The summed E-state index contributed by atoms with van der Waals surface area (Å²) >= 11 is 5.56. The molecule has 1 aromatic rings. The number of alkyl halides is 3. The van der Waals surface area contributed by atoms with E-state index in [1.807, 2.05) is 0 Å². The summed E-state index contributed by atoms with van der Waals surface area (Å²) in [7, 11) is 0. The molecule has 0 amide bonds. The monoisotopic (exact) mass is 274 g/mol. The largest absolute Gasteiger partial charge is 0.462 e. The minimum absolute atomic E-state index is 0.0792. The van der Waals surface area contributed by atoms with Crippen molar-refractivity contribution in [3.8, 4) is 6.07 Å². The SMILES string of the molecule is CCOC(=O)c1c(C#N)cc(C(F)F)nc1CCl. The molecule has 0 saturated carbocycles. The summed E-state index contributed by atoms with van der Waals surface area (Å²) < 4.78 is 29.8. The Morgan fingerprint density at radius 1 is 1.67 bits per heavy atom. The number of aromatic nitrogens is 1. The zero-order chi connectivity index (χ0) is 13.7. The van der Waals surface area contributed by atoms with Crippen LogP contribution in [0.2, 0.25) is 0 Å². The van der Waals surface area contributed by atoms with Gasteiger partial charge in [-0.05, 0) is 13.0 Å². The van der Waals surface area contributed by atoms with Crippen molar-refractivity contribution < 1.29 is 18.3 Å². The molecule has 0 aliphatic rings. The van der Waals surface area contributed by atoms with Gasteiger partial charge < -0.3 is 4.74 Å². The summed E-state index contributed by atoms with van der Waals surface area (Å²) in [5, 5.41) is 8.89. The van der Waals surface area contributed by atoms with Gasteiger partial charge in [-0.15, -0.1) is 11.6 Å². The van der Waals surface area contributed by atoms with Gasteiger partial charge in [0.05, 0.1) is 23.7 Å². The predicted octanol–water partition coefficient (Wildman–Crippen LogP) is 2.81. The third kappa shape index (κ3) is 2.93. The van der Waals surface area contributed by atoms with Crippen LogP contribution in [0, 0.1) is 11.3 Å². The molecule has 1 rings (SSSR count). The van der Waals surface area contributed by atoms with Gasteiger partial charge in [0.1, 0.15) is 17.3 Å². The Morgan fingerprint density at radius 3 is 2.78 bits per heavy atom. The zero-order valence-corrected chi connectivity index (χ0v) is 10.2. The number of rotatable bonds is 4. The van der Waals surface area contributed by atoms with Gasteiger partial charge in [0.25, 0.3) is 6.43 Å². The first-order valence-electron chi connectivity index (χ1n) is 5.00. The molecule has 0 aliphatic carbocycles. The van der Waals surface area contributed by atoms with E-state index < -0.39 is 18.1 Å². The number of carbonyl (C=O) groups excluding carboxylic acids is 1. The number of hydrogen-bond acceptors (Lipinski definition) is 4. The van der Waals surface area contributed by atoms with Crippen molar-refractivity contribution in [2.24, 2.45) is 0 Å². The zero-order valence-electron chi connectivity index (χ0n) is 9.41. The lowest BCUT2D eigenvalue weighted by atomic mass is 10.1. The van der Waals surface area contributed by atoms with Crippen LogP contribution in [0.4, 0.5) is 8.78 Å². The fraction of sp³-hybridized carbons (Fsp3) is 0.364. The summed E-state index contributed by atoms with van der Waals surface area (Å²) in [5.41, 5.74) is -1.03. The van der Waals surface area contributed by atoms with Crippen molar-refractivity contribution in [1.29, 1.82) is 5.26 Å². The van der Waals surface area contributed by atoms with Crippen LogP contribution >= 0.6 is 11.6 Å². The summed E-state index contributed by atoms with van der Waals surface area (Å²) in [6, 6.07) is 2.54. The lowest BCUT2D eigenvalue weighted by molar-refractivity contribution is 0.0523. The second-order valence-electron chi connectivity index (χ2n) is 3.18. The number of nitriles is 1. The number of hydrogen-bond donors (Lipinski definition) is 0. The van der Waals surface area contributed by atoms with Gasteiger partial charge in [0.2, 0.25) is 0 Å². The topological polar surface area (TPSA) is 63.0 Å². The van der Waals surface area contributed by atoms with Gasteiger partial charge in [-0.2, -0.15) is 5.26 Å². The molecule has 7 heteroatoms. The van der Waals surface area contributed by atoms with E-state index in [9.17, 15) is 13.6 Å². The summed E-state index contributed by atoms with van der Waals surface area (Å²) in [5.74, 6) is -1.05. The van der Waals surface area contributed by atoms with Crippen molar-refractivity contribution in [2.45, 2.75) is 19.2 Å². The predicted molar refractivity (Wildman–Crippen MR) is 59.4 cm³/mol. The fourth-order valence-corrected chi connectivity index (χ4v) is 1.54. The maximum absolute atomic E-state index is 12.5. The van der Waals surface area contributed by atoms with Crippen LogP contribution in [0.15, 0.2) is 6.07 Å². The summed E-state index contributed by atoms with van der Waals surface area (Å²) in [6.45, 7) is 1.69. The first kappa shape index (κ1) is 14.3. The lowest BCUT2D eigenvalue weighted by Crippen LogP contribution is -2.13. The standard InChI is InChI=1S/C11H9ClF2N2O2/c1-2-18-11(17)9-6(5-15)3-7(10(13)14)16-8(9)4-12/h3,10H,2,4H2,1H3. The van der Waals surface area contributed by atoms with E-state index in [0.717, 1.165) is 6.07 Å². The van der Waals surface area contributed by atoms with Crippen LogP contribution in [-0.2, 0) is 10.6 Å². The third-order valence-corrected chi connectivity index (χ3v) is 2.32. The Balaban J connectivity index is 3.40. The Bertz CT molecular complexity index is 501. The highest BCUT2D eigenvalue weighted by atomic mass is 35.5. The number of esters is 1. The highest BCUT2D eigenvalue weighted by Gasteiger charge is 2.22. The molecule has 0 saturated heterocycles. The maximum Gasteiger partial charge on any atom is 0.341 e. The van der Waals surface area contributed by atoms with E-state index in [1.165, 1.54) is 0 Å². The Hall–Kier alpha value is -1.74. The maximum atomic E-state index is 12.5. The minimum atomic E-state index is -2.84. The molecule has 0 aliphatic heterocycles. The van der Waals surface area contributed by atoms with Crippen molar-refractivity contribution >= 4 is 17.6 Å². The van der Waals surface area contributed by atoms with Gasteiger partial charge in [-0.3, -0.25) is 0 Å². The molecule has 0 N–H and O–H groups in total. The molecule has 18 heavy (non-hydrogen) atoms. The summed E-state index contributed by atoms with van der Waals surface area (Å²) in [6.07, 6.45) is -2.84. The molecule has 0 spiro atoms. The number of nitrogens with zero attached hydrogens (tertiary/aromatic N) is 2. The van der Waals surface area contributed by atoms with Gasteiger partial charge in [0, 0.05) is 0 Å². The molecule has 1 heterocycles. The van der Waals surface area contributed by atoms with Crippen LogP contribution in [0.25, 0.3) is 0 Å². The van der Waals surface area contributed by atoms with Crippen LogP contribution < -0.4 is 0 Å². The Labute approximate surface area is 107 Å². The average Bonchev–Trinajstić information content (AvgIpc) is 2.36. The van der Waals surface area contributed by atoms with Gasteiger partial charge in [-0.1, -0.05) is 0 Å². The Morgan fingerprint density at radius 2 is 2.33 bits per heavy atom. The third-order valence-electron chi connectivity index (χ3n) is 2.06. The molecule has 1 aromatic heterocycles. The van der Waals surface area contributed by atoms with Crippen molar-refractivity contribution in [3.05, 3.63) is 28.6 Å².